The summed E-state index contributed by atoms with van der Waals surface area (Å²) in [7, 11) is 0. The molecule has 0 aromatic heterocycles. The van der Waals surface area contributed by atoms with Crippen molar-refractivity contribution in [3.63, 3.8) is 0 Å². The minimum atomic E-state index is -2.05. The van der Waals surface area contributed by atoms with Crippen LogP contribution in [-0.2, 0) is 16.1 Å². The zero-order valence-electron chi connectivity index (χ0n) is 16.0. The number of fused-ring (bicyclic) bond motifs is 5. The molecule has 5 nitrogen and oxygen atoms in total. The van der Waals surface area contributed by atoms with Crippen molar-refractivity contribution in [3.8, 4) is 0 Å². The van der Waals surface area contributed by atoms with Gasteiger partial charge in [0.15, 0.2) is 5.60 Å². The van der Waals surface area contributed by atoms with E-state index >= 15 is 0 Å². The van der Waals surface area contributed by atoms with Crippen LogP contribution >= 0.6 is 0 Å². The molecule has 0 radical (unpaired) electrons. The molecule has 0 saturated heterocycles. The van der Waals surface area contributed by atoms with E-state index in [1.54, 1.807) is 44.2 Å². The number of anilines is 1. The Bertz CT molecular complexity index is 938. The van der Waals surface area contributed by atoms with Crippen LogP contribution in [0.1, 0.15) is 62.0 Å². The van der Waals surface area contributed by atoms with Crippen molar-refractivity contribution in [2.24, 2.45) is 5.92 Å². The van der Waals surface area contributed by atoms with Crippen molar-refractivity contribution >= 4 is 11.6 Å². The molecule has 1 aliphatic heterocycles. The highest BCUT2D eigenvalue weighted by Crippen LogP contribution is 2.64. The van der Waals surface area contributed by atoms with Gasteiger partial charge in [-0.2, -0.15) is 0 Å². The maximum absolute atomic E-state index is 13.2. The van der Waals surface area contributed by atoms with Gasteiger partial charge in [-0.25, -0.2) is 0 Å². The van der Waals surface area contributed by atoms with Crippen LogP contribution < -0.4 is 4.90 Å². The highest BCUT2D eigenvalue weighted by molar-refractivity contribution is 6.00. The minimum absolute atomic E-state index is 0.216. The van der Waals surface area contributed by atoms with E-state index in [1.165, 1.54) is 4.90 Å². The number of rotatable bonds is 2. The maximum Gasteiger partial charge on any atom is 0.232 e. The van der Waals surface area contributed by atoms with Crippen molar-refractivity contribution in [3.05, 3.63) is 64.7 Å². The summed E-state index contributed by atoms with van der Waals surface area (Å²) in [6.07, 6.45) is -1.34. The lowest BCUT2D eigenvalue weighted by Crippen LogP contribution is -2.57. The fraction of sp³-hybridized carbons (Fsp3) is 0.409. The first kappa shape index (κ1) is 18.2. The molecule has 1 heterocycles. The number of nitrogens with zero attached hydrogens (tertiary/aromatic N) is 1. The number of hydrogen-bond donors (Lipinski definition) is 3. The molecule has 142 valence electrons. The van der Waals surface area contributed by atoms with E-state index in [0.29, 0.717) is 22.4 Å². The maximum atomic E-state index is 13.2. The van der Waals surface area contributed by atoms with Crippen LogP contribution in [0.5, 0.6) is 0 Å². The van der Waals surface area contributed by atoms with Gasteiger partial charge in [-0.05, 0) is 23.1 Å². The molecule has 0 spiro atoms. The molecule has 3 atom stereocenters. The standard InChI is InChI=1S/C22H25NO4/c1-12(2)14-9-10-17-18(11-14)23(20(25)13(3)4)22(27)16-8-6-5-7-15(16)19(24)21(17,22)26/h5-13,19,24,26-27H,1-4H3/t19-,21?,22?/m0/s1. The Hall–Kier alpha value is -2.21. The Morgan fingerprint density at radius 1 is 1.04 bits per heavy atom. The number of carbonyl (C=O) groups is 1. The summed E-state index contributed by atoms with van der Waals surface area (Å²) >= 11 is 0. The van der Waals surface area contributed by atoms with Crippen LogP contribution in [0.3, 0.4) is 0 Å². The predicted octanol–water partition coefficient (Wildman–Crippen LogP) is 2.89. The summed E-state index contributed by atoms with van der Waals surface area (Å²) in [6.45, 7) is 7.60. The fourth-order valence-corrected chi connectivity index (χ4v) is 4.43. The third kappa shape index (κ3) is 2.02. The lowest BCUT2D eigenvalue weighted by Gasteiger charge is -2.40. The Morgan fingerprint density at radius 3 is 2.33 bits per heavy atom. The van der Waals surface area contributed by atoms with Crippen molar-refractivity contribution in [1.82, 2.24) is 0 Å². The second kappa shape index (κ2) is 5.64. The summed E-state index contributed by atoms with van der Waals surface area (Å²) in [6, 6.07) is 12.2. The van der Waals surface area contributed by atoms with Gasteiger partial charge in [0, 0.05) is 17.0 Å². The van der Waals surface area contributed by atoms with Gasteiger partial charge in [-0.3, -0.25) is 9.69 Å². The predicted molar refractivity (Wildman–Crippen MR) is 102 cm³/mol. The third-order valence-corrected chi connectivity index (χ3v) is 5.94. The lowest BCUT2D eigenvalue weighted by molar-refractivity contribution is -0.194. The van der Waals surface area contributed by atoms with Crippen LogP contribution in [0.2, 0.25) is 0 Å². The molecule has 27 heavy (non-hydrogen) atoms. The van der Waals surface area contributed by atoms with E-state index in [0.717, 1.165) is 5.56 Å². The molecule has 2 aliphatic rings. The number of aliphatic hydroxyl groups is 3. The molecule has 2 unspecified atom stereocenters. The highest BCUT2D eigenvalue weighted by atomic mass is 16.4. The molecule has 1 amide bonds. The molecule has 2 aromatic carbocycles. The number of amides is 1. The SMILES string of the molecule is CC(C)C(=O)N1c2cc(C(C)C)ccc2C2(O)[C@@H](O)c3ccccc3C12O. The Kier molecular flexibility index (Phi) is 3.80. The van der Waals surface area contributed by atoms with E-state index in [1.807, 2.05) is 26.0 Å². The molecule has 0 saturated carbocycles. The summed E-state index contributed by atoms with van der Waals surface area (Å²) in [5, 5.41) is 34.5. The molecular weight excluding hydrogens is 342 g/mol. The van der Waals surface area contributed by atoms with Crippen molar-refractivity contribution in [1.29, 1.82) is 0 Å². The Morgan fingerprint density at radius 2 is 1.70 bits per heavy atom. The van der Waals surface area contributed by atoms with Gasteiger partial charge < -0.3 is 15.3 Å². The highest BCUT2D eigenvalue weighted by Gasteiger charge is 2.72. The van der Waals surface area contributed by atoms with Crippen LogP contribution in [0.25, 0.3) is 0 Å². The van der Waals surface area contributed by atoms with Crippen molar-refractivity contribution in [2.75, 3.05) is 4.90 Å². The summed E-state index contributed by atoms with van der Waals surface area (Å²) < 4.78 is 0. The number of hydrogen-bond acceptors (Lipinski definition) is 4. The van der Waals surface area contributed by atoms with Crippen molar-refractivity contribution in [2.45, 2.75) is 51.0 Å². The first-order chi connectivity index (χ1) is 12.7. The van der Waals surface area contributed by atoms with E-state index in [9.17, 15) is 20.1 Å². The van der Waals surface area contributed by atoms with E-state index in [-0.39, 0.29) is 11.8 Å². The fourth-order valence-electron chi connectivity index (χ4n) is 4.43. The van der Waals surface area contributed by atoms with Gasteiger partial charge in [-0.15, -0.1) is 0 Å². The molecule has 5 heteroatoms. The number of benzene rings is 2. The average molecular weight is 367 g/mol. The summed E-state index contributed by atoms with van der Waals surface area (Å²) in [5.41, 5.74) is -1.47. The van der Waals surface area contributed by atoms with E-state index < -0.39 is 23.3 Å². The molecule has 1 aliphatic carbocycles. The average Bonchev–Trinajstić information content (AvgIpc) is 2.95. The number of aliphatic hydroxyl groups excluding tert-OH is 1. The second-order valence-corrected chi connectivity index (χ2v) is 8.19. The molecule has 0 fully saturated rings. The van der Waals surface area contributed by atoms with E-state index in [2.05, 4.69) is 0 Å². The van der Waals surface area contributed by atoms with Gasteiger partial charge in [0.05, 0.1) is 5.69 Å². The first-order valence-electron chi connectivity index (χ1n) is 9.36. The van der Waals surface area contributed by atoms with Crippen molar-refractivity contribution < 1.29 is 20.1 Å². The third-order valence-electron chi connectivity index (χ3n) is 5.94. The number of carbonyl (C=O) groups excluding carboxylic acids is 1. The van der Waals surface area contributed by atoms with Crippen LogP contribution in [0, 0.1) is 5.92 Å². The van der Waals surface area contributed by atoms with E-state index in [4.69, 9.17) is 0 Å². The zero-order chi connectivity index (χ0) is 19.7. The molecule has 3 N–H and O–H groups in total. The van der Waals surface area contributed by atoms with Crippen LogP contribution in [0.15, 0.2) is 42.5 Å². The lowest BCUT2D eigenvalue weighted by atomic mass is 9.84. The molecule has 2 aromatic rings. The summed E-state index contributed by atoms with van der Waals surface area (Å²) in [4.78, 5) is 14.5. The zero-order valence-corrected chi connectivity index (χ0v) is 16.0. The first-order valence-corrected chi connectivity index (χ1v) is 9.36. The second-order valence-electron chi connectivity index (χ2n) is 8.19. The largest absolute Gasteiger partial charge is 0.385 e. The van der Waals surface area contributed by atoms with Gasteiger partial charge in [0.1, 0.15) is 6.10 Å². The smallest absolute Gasteiger partial charge is 0.232 e. The molecular formula is C22H25NO4. The van der Waals surface area contributed by atoms with Gasteiger partial charge >= 0.3 is 0 Å². The topological polar surface area (TPSA) is 81.0 Å². The quantitative estimate of drug-likeness (QED) is 0.762. The molecule has 4 rings (SSSR count). The Labute approximate surface area is 158 Å². The normalized spacial score (nSPS) is 28.5. The minimum Gasteiger partial charge on any atom is -0.385 e. The van der Waals surface area contributed by atoms with Crippen LogP contribution in [0.4, 0.5) is 5.69 Å². The van der Waals surface area contributed by atoms with Gasteiger partial charge in [0.2, 0.25) is 11.6 Å². The monoisotopic (exact) mass is 367 g/mol. The van der Waals surface area contributed by atoms with Gasteiger partial charge in [0.25, 0.3) is 0 Å². The molecule has 0 bridgehead atoms. The van der Waals surface area contributed by atoms with Gasteiger partial charge in [-0.1, -0.05) is 64.1 Å². The summed E-state index contributed by atoms with van der Waals surface area (Å²) in [5.74, 6) is -0.482. The Balaban J connectivity index is 2.06. The van der Waals surface area contributed by atoms with Crippen LogP contribution in [-0.4, -0.2) is 21.2 Å².